The van der Waals surface area contributed by atoms with Crippen LogP contribution in [0.25, 0.3) is 0 Å². The van der Waals surface area contributed by atoms with E-state index in [0.29, 0.717) is 0 Å². The second kappa shape index (κ2) is 6.55. The molecule has 18 heavy (non-hydrogen) atoms. The molecule has 100 valence electrons. The molecule has 0 spiro atoms. The molecule has 3 nitrogen and oxygen atoms in total. The van der Waals surface area contributed by atoms with Crippen molar-refractivity contribution in [2.75, 3.05) is 34.7 Å². The summed E-state index contributed by atoms with van der Waals surface area (Å²) in [5, 5.41) is 0. The molecule has 3 heteroatoms. The number of amides is 1. The zero-order valence-corrected chi connectivity index (χ0v) is 12.1. The summed E-state index contributed by atoms with van der Waals surface area (Å²) in [5.74, 6) is 0.148. The Labute approximate surface area is 110 Å². The van der Waals surface area contributed by atoms with Gasteiger partial charge in [-0.05, 0) is 45.1 Å². The second-order valence-corrected chi connectivity index (χ2v) is 5.23. The van der Waals surface area contributed by atoms with Crippen molar-refractivity contribution < 1.29 is 4.79 Å². The lowest BCUT2D eigenvalue weighted by atomic mass is 9.91. The Hall–Kier alpha value is -1.35. The molecule has 0 heterocycles. The number of benzene rings is 1. The summed E-state index contributed by atoms with van der Waals surface area (Å²) in [7, 11) is 7.72. The molecular formula is C15H24N2O. The predicted molar refractivity (Wildman–Crippen MR) is 75.8 cm³/mol. The molecule has 1 unspecified atom stereocenters. The Bertz CT molecular complexity index is 399. The Morgan fingerprint density at radius 1 is 1.17 bits per heavy atom. The van der Waals surface area contributed by atoms with E-state index in [2.05, 4.69) is 24.0 Å². The maximum Gasteiger partial charge on any atom is 0.229 e. The minimum atomic E-state index is -0.0383. The first-order valence-electron chi connectivity index (χ1n) is 6.35. The summed E-state index contributed by atoms with van der Waals surface area (Å²) in [6.07, 6.45) is 0.856. The van der Waals surface area contributed by atoms with Crippen LogP contribution in [0.4, 0.5) is 0 Å². The lowest BCUT2D eigenvalue weighted by molar-refractivity contribution is -0.130. The highest BCUT2D eigenvalue weighted by molar-refractivity contribution is 5.83. The minimum Gasteiger partial charge on any atom is -0.348 e. The molecule has 0 N–H and O–H groups in total. The van der Waals surface area contributed by atoms with Gasteiger partial charge in [0, 0.05) is 14.1 Å². The van der Waals surface area contributed by atoms with Gasteiger partial charge in [-0.2, -0.15) is 0 Å². The highest BCUT2D eigenvalue weighted by Gasteiger charge is 2.23. The van der Waals surface area contributed by atoms with Gasteiger partial charge in [-0.1, -0.05) is 24.3 Å². The molecule has 0 bridgehead atoms. The molecule has 0 aromatic heterocycles. The Balaban J connectivity index is 2.97. The van der Waals surface area contributed by atoms with Crippen molar-refractivity contribution in [3.63, 3.8) is 0 Å². The van der Waals surface area contributed by atoms with Gasteiger partial charge in [-0.15, -0.1) is 0 Å². The number of carbonyl (C=O) groups excluding carboxylic acids is 1. The van der Waals surface area contributed by atoms with Crippen LogP contribution in [0, 0.1) is 6.92 Å². The SMILES string of the molecule is Cc1ccccc1C(CCN(C)C)C(=O)N(C)C. The predicted octanol–water partition coefficient (Wildman–Crippen LogP) is 2.12. The van der Waals surface area contributed by atoms with E-state index in [1.54, 1.807) is 4.90 Å². The molecule has 1 atom stereocenters. The van der Waals surface area contributed by atoms with Gasteiger partial charge in [0.1, 0.15) is 0 Å². The topological polar surface area (TPSA) is 23.6 Å². The van der Waals surface area contributed by atoms with E-state index in [4.69, 9.17) is 0 Å². The Morgan fingerprint density at radius 2 is 1.78 bits per heavy atom. The molecule has 1 rings (SSSR count). The Kier molecular flexibility index (Phi) is 5.35. The fraction of sp³-hybridized carbons (Fsp3) is 0.533. The first-order chi connectivity index (χ1) is 8.43. The number of aryl methyl sites for hydroxylation is 1. The van der Waals surface area contributed by atoms with Crippen molar-refractivity contribution in [3.05, 3.63) is 35.4 Å². The minimum absolute atomic E-state index is 0.0383. The first-order valence-corrected chi connectivity index (χ1v) is 6.35. The third-order valence-corrected chi connectivity index (χ3v) is 3.17. The van der Waals surface area contributed by atoms with Gasteiger partial charge in [0.25, 0.3) is 0 Å². The van der Waals surface area contributed by atoms with Crippen LogP contribution in [0.2, 0.25) is 0 Å². The average molecular weight is 248 g/mol. The third kappa shape index (κ3) is 3.84. The molecule has 0 saturated heterocycles. The number of likely N-dealkylation sites (N-methyl/N-ethyl adjacent to an activating group) is 1. The molecule has 0 aliphatic heterocycles. The Morgan fingerprint density at radius 3 is 2.28 bits per heavy atom. The van der Waals surface area contributed by atoms with Crippen molar-refractivity contribution in [1.82, 2.24) is 9.80 Å². The van der Waals surface area contributed by atoms with Crippen molar-refractivity contribution in [2.24, 2.45) is 0 Å². The standard InChI is InChI=1S/C15H24N2O/c1-12-8-6-7-9-13(12)14(10-11-16(2)3)15(18)17(4)5/h6-9,14H,10-11H2,1-5H3. The quantitative estimate of drug-likeness (QED) is 0.797. The van der Waals surface area contributed by atoms with E-state index in [0.717, 1.165) is 18.5 Å². The highest BCUT2D eigenvalue weighted by Crippen LogP contribution is 2.24. The summed E-state index contributed by atoms with van der Waals surface area (Å²) in [6, 6.07) is 8.16. The van der Waals surface area contributed by atoms with Gasteiger partial charge in [-0.25, -0.2) is 0 Å². The largest absolute Gasteiger partial charge is 0.348 e. The number of hydrogen-bond acceptors (Lipinski definition) is 2. The average Bonchev–Trinajstić information content (AvgIpc) is 2.30. The normalized spacial score (nSPS) is 12.6. The van der Waals surface area contributed by atoms with Crippen molar-refractivity contribution in [3.8, 4) is 0 Å². The molecule has 1 aromatic rings. The summed E-state index contributed by atoms with van der Waals surface area (Å²) in [4.78, 5) is 16.1. The number of nitrogens with zero attached hydrogens (tertiary/aromatic N) is 2. The lowest BCUT2D eigenvalue weighted by Gasteiger charge is -2.23. The van der Waals surface area contributed by atoms with Gasteiger partial charge in [-0.3, -0.25) is 4.79 Å². The number of carbonyl (C=O) groups is 1. The fourth-order valence-electron chi connectivity index (χ4n) is 2.09. The van der Waals surface area contributed by atoms with Crippen LogP contribution >= 0.6 is 0 Å². The van der Waals surface area contributed by atoms with E-state index in [1.165, 1.54) is 5.56 Å². The fourth-order valence-corrected chi connectivity index (χ4v) is 2.09. The van der Waals surface area contributed by atoms with E-state index >= 15 is 0 Å². The highest BCUT2D eigenvalue weighted by atomic mass is 16.2. The van der Waals surface area contributed by atoms with Gasteiger partial charge in [0.15, 0.2) is 0 Å². The van der Waals surface area contributed by atoms with Crippen LogP contribution < -0.4 is 0 Å². The zero-order chi connectivity index (χ0) is 13.7. The monoisotopic (exact) mass is 248 g/mol. The van der Waals surface area contributed by atoms with Crippen molar-refractivity contribution in [1.29, 1.82) is 0 Å². The molecular weight excluding hydrogens is 224 g/mol. The number of hydrogen-bond donors (Lipinski definition) is 0. The van der Waals surface area contributed by atoms with Gasteiger partial charge >= 0.3 is 0 Å². The van der Waals surface area contributed by atoms with Crippen LogP contribution in [0.1, 0.15) is 23.5 Å². The molecule has 1 aromatic carbocycles. The molecule has 0 saturated carbocycles. The van der Waals surface area contributed by atoms with E-state index in [-0.39, 0.29) is 11.8 Å². The van der Waals surface area contributed by atoms with Gasteiger partial charge < -0.3 is 9.80 Å². The van der Waals surface area contributed by atoms with Crippen LogP contribution in [-0.2, 0) is 4.79 Å². The number of rotatable bonds is 5. The van der Waals surface area contributed by atoms with E-state index in [1.807, 2.05) is 40.3 Å². The van der Waals surface area contributed by atoms with E-state index in [9.17, 15) is 4.79 Å². The molecule has 0 aliphatic carbocycles. The first kappa shape index (κ1) is 14.7. The maximum atomic E-state index is 12.3. The smallest absolute Gasteiger partial charge is 0.229 e. The zero-order valence-electron chi connectivity index (χ0n) is 12.1. The molecule has 0 aliphatic rings. The van der Waals surface area contributed by atoms with Crippen molar-refractivity contribution in [2.45, 2.75) is 19.3 Å². The van der Waals surface area contributed by atoms with Gasteiger partial charge in [0.05, 0.1) is 5.92 Å². The molecule has 0 fully saturated rings. The summed E-state index contributed by atoms with van der Waals surface area (Å²) < 4.78 is 0. The summed E-state index contributed by atoms with van der Waals surface area (Å²) >= 11 is 0. The third-order valence-electron chi connectivity index (χ3n) is 3.17. The molecule has 0 radical (unpaired) electrons. The van der Waals surface area contributed by atoms with Crippen LogP contribution in [0.3, 0.4) is 0 Å². The maximum absolute atomic E-state index is 12.3. The summed E-state index contributed by atoms with van der Waals surface area (Å²) in [6.45, 7) is 2.99. The van der Waals surface area contributed by atoms with Crippen molar-refractivity contribution >= 4 is 5.91 Å². The summed E-state index contributed by atoms with van der Waals surface area (Å²) in [5.41, 5.74) is 2.34. The van der Waals surface area contributed by atoms with Crippen LogP contribution in [0.15, 0.2) is 24.3 Å². The second-order valence-electron chi connectivity index (χ2n) is 5.23. The van der Waals surface area contributed by atoms with Gasteiger partial charge in [0.2, 0.25) is 5.91 Å². The lowest BCUT2D eigenvalue weighted by Crippen LogP contribution is -2.30. The van der Waals surface area contributed by atoms with Crippen LogP contribution in [-0.4, -0.2) is 50.4 Å². The molecule has 1 amide bonds. The van der Waals surface area contributed by atoms with E-state index < -0.39 is 0 Å². The van der Waals surface area contributed by atoms with Crippen LogP contribution in [0.5, 0.6) is 0 Å².